The van der Waals surface area contributed by atoms with E-state index in [9.17, 15) is 8.42 Å². The first-order valence-corrected chi connectivity index (χ1v) is 6.77. The molecule has 2 N–H and O–H groups in total. The number of nitrogens with two attached hydrogens (primary N) is 1. The predicted molar refractivity (Wildman–Crippen MR) is 62.8 cm³/mol. The average molecular weight is 257 g/mol. The molecule has 0 bridgehead atoms. The lowest BCUT2D eigenvalue weighted by Gasteiger charge is -2.32. The lowest BCUT2D eigenvalue weighted by Crippen LogP contribution is -2.46. The molecule has 1 fully saturated rings. The van der Waals surface area contributed by atoms with Crippen molar-refractivity contribution in [2.45, 2.75) is 17.9 Å². The van der Waals surface area contributed by atoms with Crippen LogP contribution in [0.4, 0.5) is 5.82 Å². The van der Waals surface area contributed by atoms with Gasteiger partial charge in [0.25, 0.3) is 0 Å². The number of aromatic nitrogens is 1. The fourth-order valence-electron chi connectivity index (χ4n) is 1.75. The standard InChI is InChI=1S/C10H15N3O3S/c1-8-7-16-5-4-13(8)17(14,15)9-2-3-10(11)12-6-9/h2-3,6,8H,4-5,7H2,1H3,(H2,11,12). The van der Waals surface area contributed by atoms with Crippen molar-refractivity contribution in [3.05, 3.63) is 18.3 Å². The molecule has 0 aromatic carbocycles. The van der Waals surface area contributed by atoms with Gasteiger partial charge in [-0.2, -0.15) is 4.31 Å². The number of rotatable bonds is 2. The second-order valence-electron chi connectivity index (χ2n) is 3.96. The van der Waals surface area contributed by atoms with Crippen LogP contribution < -0.4 is 5.73 Å². The van der Waals surface area contributed by atoms with E-state index in [1.165, 1.54) is 22.6 Å². The van der Waals surface area contributed by atoms with Gasteiger partial charge in [-0.05, 0) is 19.1 Å². The fourth-order valence-corrected chi connectivity index (χ4v) is 3.29. The number of morpholine rings is 1. The number of anilines is 1. The van der Waals surface area contributed by atoms with Crippen LogP contribution >= 0.6 is 0 Å². The van der Waals surface area contributed by atoms with Gasteiger partial charge in [0.1, 0.15) is 10.7 Å². The Morgan fingerprint density at radius 2 is 2.29 bits per heavy atom. The van der Waals surface area contributed by atoms with Crippen LogP contribution in [0.2, 0.25) is 0 Å². The van der Waals surface area contributed by atoms with E-state index >= 15 is 0 Å². The summed E-state index contributed by atoms with van der Waals surface area (Å²) >= 11 is 0. The molecule has 1 aromatic rings. The van der Waals surface area contributed by atoms with Gasteiger partial charge in [0.15, 0.2) is 0 Å². The monoisotopic (exact) mass is 257 g/mol. The van der Waals surface area contributed by atoms with Crippen molar-refractivity contribution in [3.63, 3.8) is 0 Å². The van der Waals surface area contributed by atoms with Crippen LogP contribution in [0.15, 0.2) is 23.2 Å². The van der Waals surface area contributed by atoms with E-state index in [1.54, 1.807) is 0 Å². The zero-order chi connectivity index (χ0) is 12.5. The molecule has 94 valence electrons. The van der Waals surface area contributed by atoms with Crippen molar-refractivity contribution < 1.29 is 13.2 Å². The molecule has 17 heavy (non-hydrogen) atoms. The van der Waals surface area contributed by atoms with Crippen molar-refractivity contribution in [1.29, 1.82) is 0 Å². The molecule has 1 aliphatic heterocycles. The molecule has 1 unspecified atom stereocenters. The minimum absolute atomic E-state index is 0.161. The Hall–Kier alpha value is -1.18. The summed E-state index contributed by atoms with van der Waals surface area (Å²) < 4.78 is 31.3. The Labute approximate surface area is 100 Å². The fraction of sp³-hybridized carbons (Fsp3) is 0.500. The van der Waals surface area contributed by atoms with Crippen LogP contribution in [0.1, 0.15) is 6.92 Å². The van der Waals surface area contributed by atoms with E-state index in [1.807, 2.05) is 6.92 Å². The molecule has 0 amide bonds. The second kappa shape index (κ2) is 4.59. The summed E-state index contributed by atoms with van der Waals surface area (Å²) in [4.78, 5) is 3.97. The SMILES string of the molecule is CC1COCCN1S(=O)(=O)c1ccc(N)nc1. The molecule has 0 saturated carbocycles. The molecule has 1 aliphatic rings. The van der Waals surface area contributed by atoms with E-state index < -0.39 is 10.0 Å². The molecule has 1 aromatic heterocycles. The molecule has 1 atom stereocenters. The largest absolute Gasteiger partial charge is 0.384 e. The van der Waals surface area contributed by atoms with Crippen molar-refractivity contribution in [2.75, 3.05) is 25.5 Å². The van der Waals surface area contributed by atoms with Gasteiger partial charge in [-0.3, -0.25) is 0 Å². The first-order valence-electron chi connectivity index (χ1n) is 5.33. The van der Waals surface area contributed by atoms with Crippen LogP contribution in [0.5, 0.6) is 0 Å². The summed E-state index contributed by atoms with van der Waals surface area (Å²) in [7, 11) is -3.49. The molecular weight excluding hydrogens is 242 g/mol. The molecule has 6 nitrogen and oxygen atoms in total. The molecule has 7 heteroatoms. The lowest BCUT2D eigenvalue weighted by molar-refractivity contribution is 0.0392. The summed E-state index contributed by atoms with van der Waals surface area (Å²) in [5.74, 6) is 0.305. The van der Waals surface area contributed by atoms with Gasteiger partial charge in [0.05, 0.1) is 13.2 Å². The number of hydrogen-bond donors (Lipinski definition) is 1. The smallest absolute Gasteiger partial charge is 0.245 e. The van der Waals surface area contributed by atoms with Crippen molar-refractivity contribution in [3.8, 4) is 0 Å². The molecule has 0 radical (unpaired) electrons. The van der Waals surface area contributed by atoms with Crippen molar-refractivity contribution in [2.24, 2.45) is 0 Å². The van der Waals surface area contributed by atoms with Gasteiger partial charge in [0.2, 0.25) is 10.0 Å². The van der Waals surface area contributed by atoms with Gasteiger partial charge in [-0.1, -0.05) is 0 Å². The van der Waals surface area contributed by atoms with E-state index in [-0.39, 0.29) is 10.9 Å². The molecule has 0 aliphatic carbocycles. The average Bonchev–Trinajstić information content (AvgIpc) is 2.30. The Morgan fingerprint density at radius 3 is 2.88 bits per heavy atom. The number of ether oxygens (including phenoxy) is 1. The summed E-state index contributed by atoms with van der Waals surface area (Å²) in [6.07, 6.45) is 1.28. The Morgan fingerprint density at radius 1 is 1.53 bits per heavy atom. The van der Waals surface area contributed by atoms with Gasteiger partial charge in [0, 0.05) is 18.8 Å². The summed E-state index contributed by atoms with van der Waals surface area (Å²) in [6.45, 7) is 3.03. The highest BCUT2D eigenvalue weighted by Crippen LogP contribution is 2.20. The third kappa shape index (κ3) is 2.41. The molecule has 1 saturated heterocycles. The Balaban J connectivity index is 2.32. The lowest BCUT2D eigenvalue weighted by atomic mass is 10.3. The number of hydrogen-bond acceptors (Lipinski definition) is 5. The highest BCUT2D eigenvalue weighted by Gasteiger charge is 2.31. The Kier molecular flexibility index (Phi) is 3.32. The van der Waals surface area contributed by atoms with Crippen molar-refractivity contribution >= 4 is 15.8 Å². The van der Waals surface area contributed by atoms with Gasteiger partial charge >= 0.3 is 0 Å². The summed E-state index contributed by atoms with van der Waals surface area (Å²) in [6, 6.07) is 2.80. The number of nitrogens with zero attached hydrogens (tertiary/aromatic N) is 2. The van der Waals surface area contributed by atoms with Crippen LogP contribution in [0, 0.1) is 0 Å². The maximum atomic E-state index is 12.3. The Bertz CT molecular complexity index is 486. The van der Waals surface area contributed by atoms with Gasteiger partial charge < -0.3 is 10.5 Å². The van der Waals surface area contributed by atoms with Crippen LogP contribution in [0.3, 0.4) is 0 Å². The highest BCUT2D eigenvalue weighted by atomic mass is 32.2. The minimum atomic E-state index is -3.49. The zero-order valence-corrected chi connectivity index (χ0v) is 10.4. The molecule has 2 heterocycles. The summed E-state index contributed by atoms with van der Waals surface area (Å²) in [5, 5.41) is 0. The first kappa shape index (κ1) is 12.3. The van der Waals surface area contributed by atoms with Gasteiger partial charge in [-0.15, -0.1) is 0 Å². The highest BCUT2D eigenvalue weighted by molar-refractivity contribution is 7.89. The third-order valence-corrected chi connectivity index (χ3v) is 4.67. The number of sulfonamides is 1. The van der Waals surface area contributed by atoms with Gasteiger partial charge in [-0.25, -0.2) is 13.4 Å². The third-order valence-electron chi connectivity index (χ3n) is 2.67. The van der Waals surface area contributed by atoms with E-state index in [0.717, 1.165) is 0 Å². The summed E-state index contributed by atoms with van der Waals surface area (Å²) in [5.41, 5.74) is 5.44. The second-order valence-corrected chi connectivity index (χ2v) is 5.85. The van der Waals surface area contributed by atoms with E-state index in [0.29, 0.717) is 25.6 Å². The molecular formula is C10H15N3O3S. The minimum Gasteiger partial charge on any atom is -0.384 e. The van der Waals surface area contributed by atoms with Crippen LogP contribution in [0.25, 0.3) is 0 Å². The molecule has 0 spiro atoms. The zero-order valence-electron chi connectivity index (χ0n) is 9.54. The maximum Gasteiger partial charge on any atom is 0.245 e. The predicted octanol–water partition coefficient (Wildman–Crippen LogP) is 0.0732. The normalized spacial score (nSPS) is 22.5. The molecule has 2 rings (SSSR count). The number of nitrogen functional groups attached to an aromatic ring is 1. The van der Waals surface area contributed by atoms with Crippen LogP contribution in [-0.2, 0) is 14.8 Å². The van der Waals surface area contributed by atoms with E-state index in [2.05, 4.69) is 4.98 Å². The van der Waals surface area contributed by atoms with Crippen LogP contribution in [-0.4, -0.2) is 43.5 Å². The maximum absolute atomic E-state index is 12.3. The quantitative estimate of drug-likeness (QED) is 0.810. The van der Waals surface area contributed by atoms with Crippen molar-refractivity contribution in [1.82, 2.24) is 9.29 Å². The first-order chi connectivity index (χ1) is 8.01. The number of pyridine rings is 1. The topological polar surface area (TPSA) is 85.5 Å². The van der Waals surface area contributed by atoms with E-state index in [4.69, 9.17) is 10.5 Å².